The Bertz CT molecular complexity index is 918. The summed E-state index contributed by atoms with van der Waals surface area (Å²) in [5.74, 6) is 0.663. The van der Waals surface area contributed by atoms with Gasteiger partial charge in [-0.05, 0) is 54.0 Å². The molecule has 25 heavy (non-hydrogen) atoms. The predicted molar refractivity (Wildman–Crippen MR) is 100 cm³/mol. The molecule has 0 saturated carbocycles. The van der Waals surface area contributed by atoms with Crippen LogP contribution in [0, 0.1) is 13.8 Å². The topological polar surface area (TPSA) is 84.2 Å². The number of nitrogens with one attached hydrogen (secondary N) is 2. The van der Waals surface area contributed by atoms with Gasteiger partial charge in [0.1, 0.15) is 11.5 Å². The van der Waals surface area contributed by atoms with Gasteiger partial charge in [-0.2, -0.15) is 0 Å². The van der Waals surface area contributed by atoms with Gasteiger partial charge in [-0.25, -0.2) is 4.98 Å². The smallest absolute Gasteiger partial charge is 0.260 e. The van der Waals surface area contributed by atoms with E-state index in [1.807, 2.05) is 0 Å². The van der Waals surface area contributed by atoms with Gasteiger partial charge in [0, 0.05) is 22.8 Å². The van der Waals surface area contributed by atoms with Crippen LogP contribution in [0.15, 0.2) is 44.7 Å². The van der Waals surface area contributed by atoms with Crippen molar-refractivity contribution in [2.45, 2.75) is 13.8 Å². The minimum absolute atomic E-state index is 0.253. The molecule has 2 amide bonds. The molecule has 8 heteroatoms. The predicted octanol–water partition coefficient (Wildman–Crippen LogP) is 4.62. The maximum absolute atomic E-state index is 12.4. The van der Waals surface area contributed by atoms with Crippen molar-refractivity contribution in [1.82, 2.24) is 4.98 Å². The van der Waals surface area contributed by atoms with Crippen molar-refractivity contribution >= 4 is 49.9 Å². The quantitative estimate of drug-likeness (QED) is 0.645. The molecular formula is C17H14BrN3O3S. The monoisotopic (exact) mass is 419 g/mol. The third-order valence-electron chi connectivity index (χ3n) is 3.47. The first-order valence-corrected chi connectivity index (χ1v) is 9.00. The lowest BCUT2D eigenvalue weighted by molar-refractivity contribution is 0.101. The standard InChI is InChI=1S/C17H14BrN3O3S/c1-9-13(14(18)10(2)24-9)16(23)20-12-5-3-11(4-6-12)15(22)21-17-19-7-8-25-17/h3-8H,1-2H3,(H,20,23)(H,19,21,22). The van der Waals surface area contributed by atoms with Crippen molar-refractivity contribution in [3.05, 3.63) is 63.0 Å². The number of rotatable bonds is 4. The first-order chi connectivity index (χ1) is 12.0. The van der Waals surface area contributed by atoms with Gasteiger partial charge in [0.25, 0.3) is 11.8 Å². The van der Waals surface area contributed by atoms with Gasteiger partial charge in [-0.15, -0.1) is 11.3 Å². The third kappa shape index (κ3) is 3.80. The average Bonchev–Trinajstić information content (AvgIpc) is 3.16. The second-order valence-corrected chi connectivity index (χ2v) is 6.91. The molecule has 0 bridgehead atoms. The molecule has 0 atom stereocenters. The number of hydrogen-bond donors (Lipinski definition) is 2. The minimum atomic E-state index is -0.277. The lowest BCUT2D eigenvalue weighted by Gasteiger charge is -2.06. The first-order valence-electron chi connectivity index (χ1n) is 7.33. The molecule has 0 aliphatic heterocycles. The van der Waals surface area contributed by atoms with Gasteiger partial charge in [0.2, 0.25) is 0 Å². The zero-order valence-corrected chi connectivity index (χ0v) is 15.8. The van der Waals surface area contributed by atoms with Gasteiger partial charge in [-0.1, -0.05) is 0 Å². The molecule has 6 nitrogen and oxygen atoms in total. The molecule has 0 spiro atoms. The Kier molecular flexibility index (Phi) is 5.00. The Morgan fingerprint density at radius 2 is 1.80 bits per heavy atom. The van der Waals surface area contributed by atoms with Crippen LogP contribution in [0.1, 0.15) is 32.2 Å². The molecule has 0 aliphatic rings. The molecule has 2 heterocycles. The van der Waals surface area contributed by atoms with Gasteiger partial charge in [0.05, 0.1) is 10.0 Å². The van der Waals surface area contributed by atoms with E-state index in [4.69, 9.17) is 4.42 Å². The number of benzene rings is 1. The number of hydrogen-bond acceptors (Lipinski definition) is 5. The molecular weight excluding hydrogens is 406 g/mol. The fraction of sp³-hybridized carbons (Fsp3) is 0.118. The number of nitrogens with zero attached hydrogens (tertiary/aromatic N) is 1. The molecule has 2 N–H and O–H groups in total. The van der Waals surface area contributed by atoms with E-state index in [-0.39, 0.29) is 11.8 Å². The van der Waals surface area contributed by atoms with Crippen LogP contribution in [-0.4, -0.2) is 16.8 Å². The molecule has 3 rings (SSSR count). The van der Waals surface area contributed by atoms with E-state index in [0.717, 1.165) is 0 Å². The third-order valence-corrected chi connectivity index (χ3v) is 5.12. The van der Waals surface area contributed by atoms with E-state index < -0.39 is 0 Å². The summed E-state index contributed by atoms with van der Waals surface area (Å²) < 4.78 is 6.08. The van der Waals surface area contributed by atoms with Crippen molar-refractivity contribution in [2.24, 2.45) is 0 Å². The van der Waals surface area contributed by atoms with E-state index in [2.05, 4.69) is 31.5 Å². The maximum Gasteiger partial charge on any atom is 0.260 e. The van der Waals surface area contributed by atoms with Crippen LogP contribution >= 0.6 is 27.3 Å². The minimum Gasteiger partial charge on any atom is -0.465 e. The van der Waals surface area contributed by atoms with Crippen molar-refractivity contribution in [3.63, 3.8) is 0 Å². The normalized spacial score (nSPS) is 10.5. The summed E-state index contributed by atoms with van der Waals surface area (Å²) in [4.78, 5) is 28.5. The van der Waals surface area contributed by atoms with E-state index in [1.165, 1.54) is 11.3 Å². The van der Waals surface area contributed by atoms with Gasteiger partial charge >= 0.3 is 0 Å². The van der Waals surface area contributed by atoms with Crippen molar-refractivity contribution in [3.8, 4) is 0 Å². The Morgan fingerprint density at radius 3 is 2.36 bits per heavy atom. The molecule has 0 unspecified atom stereocenters. The summed E-state index contributed by atoms with van der Waals surface area (Å²) in [6.45, 7) is 3.52. The Balaban J connectivity index is 1.70. The number of carbonyl (C=O) groups excluding carboxylic acids is 2. The number of anilines is 2. The fourth-order valence-electron chi connectivity index (χ4n) is 2.27. The van der Waals surface area contributed by atoms with Gasteiger partial charge in [0.15, 0.2) is 5.13 Å². The highest BCUT2D eigenvalue weighted by Crippen LogP contribution is 2.28. The van der Waals surface area contributed by atoms with Gasteiger partial charge in [-0.3, -0.25) is 14.9 Å². The summed E-state index contributed by atoms with van der Waals surface area (Å²) in [5, 5.41) is 7.82. The Labute approximate surface area is 156 Å². The number of aryl methyl sites for hydroxylation is 2. The van der Waals surface area contributed by atoms with E-state index >= 15 is 0 Å². The van der Waals surface area contributed by atoms with Crippen molar-refractivity contribution in [1.29, 1.82) is 0 Å². The van der Waals surface area contributed by atoms with Gasteiger partial charge < -0.3 is 9.73 Å². The SMILES string of the molecule is Cc1oc(C)c(C(=O)Nc2ccc(C(=O)Nc3nccs3)cc2)c1Br. The highest BCUT2D eigenvalue weighted by atomic mass is 79.9. The van der Waals surface area contributed by atoms with E-state index in [1.54, 1.807) is 49.7 Å². The number of amides is 2. The Hall–Kier alpha value is -2.45. The summed E-state index contributed by atoms with van der Waals surface area (Å²) in [5.41, 5.74) is 1.52. The molecule has 1 aromatic carbocycles. The van der Waals surface area contributed by atoms with Crippen LogP contribution < -0.4 is 10.6 Å². The molecule has 2 aromatic heterocycles. The number of halogens is 1. The molecule has 0 radical (unpaired) electrons. The summed E-state index contributed by atoms with van der Waals surface area (Å²) in [7, 11) is 0. The molecule has 3 aromatic rings. The highest BCUT2D eigenvalue weighted by molar-refractivity contribution is 9.10. The maximum atomic E-state index is 12.4. The number of thiazole rings is 1. The number of carbonyl (C=O) groups is 2. The molecule has 0 fully saturated rings. The van der Waals surface area contributed by atoms with Crippen LogP contribution in [-0.2, 0) is 0 Å². The second-order valence-electron chi connectivity index (χ2n) is 5.23. The van der Waals surface area contributed by atoms with Crippen LogP contribution in [0.3, 0.4) is 0 Å². The Morgan fingerprint density at radius 1 is 1.08 bits per heavy atom. The number of furan rings is 1. The highest BCUT2D eigenvalue weighted by Gasteiger charge is 2.20. The average molecular weight is 420 g/mol. The second kappa shape index (κ2) is 7.20. The summed E-state index contributed by atoms with van der Waals surface area (Å²) in [6, 6.07) is 6.62. The lowest BCUT2D eigenvalue weighted by atomic mass is 10.2. The van der Waals surface area contributed by atoms with Crippen molar-refractivity contribution < 1.29 is 14.0 Å². The number of aromatic nitrogens is 1. The van der Waals surface area contributed by atoms with E-state index in [0.29, 0.717) is 37.9 Å². The fourth-order valence-corrected chi connectivity index (χ4v) is 3.33. The lowest BCUT2D eigenvalue weighted by Crippen LogP contribution is -2.14. The molecule has 0 saturated heterocycles. The summed E-state index contributed by atoms with van der Waals surface area (Å²) >= 11 is 4.71. The molecule has 128 valence electrons. The zero-order chi connectivity index (χ0) is 18.0. The van der Waals surface area contributed by atoms with Crippen LogP contribution in [0.25, 0.3) is 0 Å². The molecule has 0 aliphatic carbocycles. The van der Waals surface area contributed by atoms with Crippen LogP contribution in [0.2, 0.25) is 0 Å². The van der Waals surface area contributed by atoms with Crippen LogP contribution in [0.5, 0.6) is 0 Å². The van der Waals surface area contributed by atoms with Crippen LogP contribution in [0.4, 0.5) is 10.8 Å². The van der Waals surface area contributed by atoms with E-state index in [9.17, 15) is 9.59 Å². The largest absolute Gasteiger partial charge is 0.465 e. The van der Waals surface area contributed by atoms with Crippen molar-refractivity contribution in [2.75, 3.05) is 10.6 Å². The first kappa shape index (κ1) is 17.4. The zero-order valence-electron chi connectivity index (χ0n) is 13.4. The summed E-state index contributed by atoms with van der Waals surface area (Å²) in [6.07, 6.45) is 1.62.